The number of rotatable bonds is 8. The molecule has 7 heteroatoms. The average Bonchev–Trinajstić information content (AvgIpc) is 3.26. The van der Waals surface area contributed by atoms with E-state index in [1.54, 1.807) is 7.11 Å². The van der Waals surface area contributed by atoms with Crippen molar-refractivity contribution in [3.8, 4) is 0 Å². The van der Waals surface area contributed by atoms with Crippen LogP contribution in [0, 0.1) is 0 Å². The molecule has 2 aromatic heterocycles. The lowest BCUT2D eigenvalue weighted by Crippen LogP contribution is -2.34. The van der Waals surface area contributed by atoms with Crippen molar-refractivity contribution >= 4 is 28.5 Å². The van der Waals surface area contributed by atoms with Crippen LogP contribution in [-0.2, 0) is 11.3 Å². The third-order valence-electron chi connectivity index (χ3n) is 5.04. The molecule has 0 saturated carbocycles. The van der Waals surface area contributed by atoms with Crippen LogP contribution in [0.5, 0.6) is 0 Å². The molecule has 6 nitrogen and oxygen atoms in total. The number of amides is 1. The molecule has 0 aliphatic rings. The summed E-state index contributed by atoms with van der Waals surface area (Å²) < 4.78 is 9.38. The first kappa shape index (κ1) is 21.4. The van der Waals surface area contributed by atoms with E-state index < -0.39 is 0 Å². The summed E-state index contributed by atoms with van der Waals surface area (Å²) in [6, 6.07) is 10.2. The molecule has 0 spiro atoms. The largest absolute Gasteiger partial charge is 0.383 e. The molecule has 29 heavy (non-hydrogen) atoms. The maximum absolute atomic E-state index is 13.3. The number of ether oxygens (including phenoxy) is 1. The van der Waals surface area contributed by atoms with Crippen molar-refractivity contribution in [3.05, 3.63) is 53.1 Å². The predicted octanol–water partition coefficient (Wildman–Crippen LogP) is 4.94. The molecule has 1 amide bonds. The minimum absolute atomic E-state index is 0.0457. The Morgan fingerprint density at radius 2 is 1.97 bits per heavy atom. The Morgan fingerprint density at radius 1 is 1.21 bits per heavy atom. The Kier molecular flexibility index (Phi) is 6.65. The van der Waals surface area contributed by atoms with Crippen LogP contribution >= 0.6 is 11.6 Å². The number of methoxy groups -OCH3 is 1. The van der Waals surface area contributed by atoms with Gasteiger partial charge in [-0.2, -0.15) is 0 Å². The minimum Gasteiger partial charge on any atom is -0.383 e. The molecule has 156 valence electrons. The van der Waals surface area contributed by atoms with E-state index in [9.17, 15) is 4.79 Å². The van der Waals surface area contributed by atoms with E-state index in [2.05, 4.69) is 43.3 Å². The number of aromatic nitrogens is 3. The summed E-state index contributed by atoms with van der Waals surface area (Å²) in [4.78, 5) is 19.6. The molecule has 0 fully saturated rings. The average molecular weight is 417 g/mol. The number of imidazole rings is 1. The zero-order chi connectivity index (χ0) is 21.1. The molecule has 0 unspecified atom stereocenters. The van der Waals surface area contributed by atoms with Crippen molar-refractivity contribution < 1.29 is 9.53 Å². The van der Waals surface area contributed by atoms with Crippen molar-refractivity contribution in [2.75, 3.05) is 20.3 Å². The van der Waals surface area contributed by atoms with Gasteiger partial charge in [-0.1, -0.05) is 0 Å². The van der Waals surface area contributed by atoms with Crippen LogP contribution in [0.4, 0.5) is 0 Å². The van der Waals surface area contributed by atoms with Gasteiger partial charge < -0.3 is 18.8 Å². The van der Waals surface area contributed by atoms with Crippen LogP contribution in [0.15, 0.2) is 36.5 Å². The maximum atomic E-state index is 13.3. The van der Waals surface area contributed by atoms with Gasteiger partial charge in [-0.25, -0.2) is 4.98 Å². The lowest BCUT2D eigenvalue weighted by molar-refractivity contribution is 0.0675. The molecule has 0 saturated heterocycles. The summed E-state index contributed by atoms with van der Waals surface area (Å²) in [5.41, 5.74) is 3.35. The van der Waals surface area contributed by atoms with E-state index in [0.717, 1.165) is 16.7 Å². The van der Waals surface area contributed by atoms with Crippen LogP contribution in [0.25, 0.3) is 11.0 Å². The van der Waals surface area contributed by atoms with Gasteiger partial charge in [0.2, 0.25) is 5.28 Å². The highest BCUT2D eigenvalue weighted by atomic mass is 35.5. The fourth-order valence-electron chi connectivity index (χ4n) is 3.59. The summed E-state index contributed by atoms with van der Waals surface area (Å²) >= 11 is 6.30. The second-order valence-corrected chi connectivity index (χ2v) is 8.11. The predicted molar refractivity (Wildman–Crippen MR) is 117 cm³/mol. The van der Waals surface area contributed by atoms with Crippen LogP contribution in [0.2, 0.25) is 5.28 Å². The molecule has 0 aliphatic carbocycles. The molecule has 3 rings (SSSR count). The quantitative estimate of drug-likeness (QED) is 0.522. The van der Waals surface area contributed by atoms with Crippen molar-refractivity contribution in [2.45, 2.75) is 46.3 Å². The molecule has 0 radical (unpaired) electrons. The number of benzene rings is 1. The summed E-state index contributed by atoms with van der Waals surface area (Å²) in [7, 11) is 1.64. The van der Waals surface area contributed by atoms with Gasteiger partial charge in [-0.15, -0.1) is 0 Å². The Hall–Kier alpha value is -2.31. The van der Waals surface area contributed by atoms with Gasteiger partial charge in [0, 0.05) is 43.2 Å². The molecular formula is C22H29ClN4O2. The van der Waals surface area contributed by atoms with Gasteiger partial charge in [0.1, 0.15) is 0 Å². The lowest BCUT2D eigenvalue weighted by atomic mass is 10.1. The number of fused-ring (bicyclic) bond motifs is 1. The lowest BCUT2D eigenvalue weighted by Gasteiger charge is -2.24. The number of carbonyl (C=O) groups excluding carboxylic acids is 1. The van der Waals surface area contributed by atoms with Gasteiger partial charge in [-0.3, -0.25) is 4.79 Å². The monoisotopic (exact) mass is 416 g/mol. The van der Waals surface area contributed by atoms with E-state index >= 15 is 0 Å². The molecule has 2 heterocycles. The molecule has 3 aromatic rings. The standard InChI is InChI=1S/C22H29ClN4O2/c1-15(2)26-10-6-7-18(26)14-25(11-12-29-5)21(28)17-8-9-20-19(13-17)24-22(23)27(20)16(3)4/h6-10,13,15-16H,11-12,14H2,1-5H3. The highest BCUT2D eigenvalue weighted by Crippen LogP contribution is 2.25. The van der Waals surface area contributed by atoms with E-state index in [4.69, 9.17) is 16.3 Å². The van der Waals surface area contributed by atoms with Crippen molar-refractivity contribution in [3.63, 3.8) is 0 Å². The number of hydrogen-bond donors (Lipinski definition) is 0. The van der Waals surface area contributed by atoms with Gasteiger partial charge in [-0.05, 0) is 69.6 Å². The molecule has 1 aromatic carbocycles. The Balaban J connectivity index is 1.92. The van der Waals surface area contributed by atoms with Crippen LogP contribution < -0.4 is 0 Å². The number of hydrogen-bond acceptors (Lipinski definition) is 3. The maximum Gasteiger partial charge on any atom is 0.254 e. The second-order valence-electron chi connectivity index (χ2n) is 7.77. The molecule has 0 bridgehead atoms. The molecule has 0 atom stereocenters. The highest BCUT2D eigenvalue weighted by Gasteiger charge is 2.20. The van der Waals surface area contributed by atoms with Crippen molar-refractivity contribution in [1.29, 1.82) is 0 Å². The fraction of sp³-hybridized carbons (Fsp3) is 0.455. The van der Waals surface area contributed by atoms with E-state index in [1.165, 1.54) is 0 Å². The van der Waals surface area contributed by atoms with Crippen LogP contribution in [-0.4, -0.2) is 45.2 Å². The van der Waals surface area contributed by atoms with Crippen molar-refractivity contribution in [1.82, 2.24) is 19.0 Å². The highest BCUT2D eigenvalue weighted by molar-refractivity contribution is 6.29. The van der Waals surface area contributed by atoms with E-state index in [-0.39, 0.29) is 11.9 Å². The minimum atomic E-state index is -0.0457. The van der Waals surface area contributed by atoms with Crippen LogP contribution in [0.1, 0.15) is 55.8 Å². The zero-order valence-electron chi connectivity index (χ0n) is 17.7. The molecule has 0 aliphatic heterocycles. The van der Waals surface area contributed by atoms with Gasteiger partial charge in [0.15, 0.2) is 0 Å². The smallest absolute Gasteiger partial charge is 0.254 e. The first-order valence-electron chi connectivity index (χ1n) is 9.95. The normalized spacial score (nSPS) is 11.7. The third kappa shape index (κ3) is 4.49. The van der Waals surface area contributed by atoms with Gasteiger partial charge in [0.05, 0.1) is 24.2 Å². The van der Waals surface area contributed by atoms with Gasteiger partial charge >= 0.3 is 0 Å². The summed E-state index contributed by atoms with van der Waals surface area (Å²) in [5.74, 6) is -0.0457. The number of nitrogens with zero attached hydrogens (tertiary/aromatic N) is 4. The topological polar surface area (TPSA) is 52.3 Å². The number of carbonyl (C=O) groups is 1. The first-order valence-corrected chi connectivity index (χ1v) is 10.3. The van der Waals surface area contributed by atoms with Gasteiger partial charge in [0.25, 0.3) is 5.91 Å². The zero-order valence-corrected chi connectivity index (χ0v) is 18.5. The molecule has 0 N–H and O–H groups in total. The van der Waals surface area contributed by atoms with E-state index in [0.29, 0.717) is 36.6 Å². The first-order chi connectivity index (χ1) is 13.8. The third-order valence-corrected chi connectivity index (χ3v) is 5.31. The van der Waals surface area contributed by atoms with E-state index in [1.807, 2.05) is 39.9 Å². The number of halogens is 1. The van der Waals surface area contributed by atoms with Crippen molar-refractivity contribution in [2.24, 2.45) is 0 Å². The Bertz CT molecular complexity index is 990. The van der Waals surface area contributed by atoms with Crippen LogP contribution in [0.3, 0.4) is 0 Å². The molecular weight excluding hydrogens is 388 g/mol. The Morgan fingerprint density at radius 3 is 2.62 bits per heavy atom. The fourth-order valence-corrected chi connectivity index (χ4v) is 3.97. The second kappa shape index (κ2) is 9.01. The Labute approximate surface area is 177 Å². The SMILES string of the molecule is COCCN(Cc1cccn1C(C)C)C(=O)c1ccc2c(c1)nc(Cl)n2C(C)C. The summed E-state index contributed by atoms with van der Waals surface area (Å²) in [6.45, 7) is 9.89. The summed E-state index contributed by atoms with van der Waals surface area (Å²) in [5, 5.41) is 0.436. The summed E-state index contributed by atoms with van der Waals surface area (Å²) in [6.07, 6.45) is 2.05.